The van der Waals surface area contributed by atoms with E-state index in [-0.39, 0.29) is 5.28 Å². The summed E-state index contributed by atoms with van der Waals surface area (Å²) in [6.45, 7) is 13.0. The molecule has 2 N–H and O–H groups in total. The van der Waals surface area contributed by atoms with E-state index >= 15 is 0 Å². The van der Waals surface area contributed by atoms with Gasteiger partial charge in [0.1, 0.15) is 0 Å². The second-order valence-electron chi connectivity index (χ2n) is 6.56. The average Bonchev–Trinajstić information content (AvgIpc) is 2.74. The first-order valence-electron chi connectivity index (χ1n) is 7.18. The van der Waals surface area contributed by atoms with Crippen molar-refractivity contribution in [3.63, 3.8) is 0 Å². The number of hydrogen-bond acceptors (Lipinski definition) is 5. The van der Waals surface area contributed by atoms with E-state index in [1.54, 1.807) is 0 Å². The first kappa shape index (κ1) is 15.3. The number of nitrogens with one attached hydrogen (secondary N) is 2. The van der Waals surface area contributed by atoms with Crippen LogP contribution in [0.5, 0.6) is 0 Å². The van der Waals surface area contributed by atoms with Crippen LogP contribution in [0.4, 0.5) is 11.9 Å². The third kappa shape index (κ3) is 2.82. The van der Waals surface area contributed by atoms with Crippen LogP contribution in [0.3, 0.4) is 0 Å². The lowest BCUT2D eigenvalue weighted by Gasteiger charge is -2.08. The fraction of sp³-hybridized carbons (Fsp3) is 0.786. The van der Waals surface area contributed by atoms with Crippen molar-refractivity contribution in [3.05, 3.63) is 5.28 Å². The Bertz CT molecular complexity index is 472. The van der Waals surface area contributed by atoms with Crippen LogP contribution in [0.15, 0.2) is 0 Å². The first-order chi connectivity index (χ1) is 9.29. The molecule has 6 heteroatoms. The molecule has 2 rings (SSSR count). The van der Waals surface area contributed by atoms with Crippen LogP contribution in [-0.4, -0.2) is 28.0 Å². The SMILES string of the molecule is CCCNc1nc(Cl)nc(NCC2C(C)(C)C2(C)C)n1. The Labute approximate surface area is 126 Å². The van der Waals surface area contributed by atoms with Gasteiger partial charge in [0.15, 0.2) is 0 Å². The molecule has 1 aliphatic rings. The van der Waals surface area contributed by atoms with Crippen LogP contribution < -0.4 is 10.6 Å². The van der Waals surface area contributed by atoms with Gasteiger partial charge in [-0.25, -0.2) is 0 Å². The van der Waals surface area contributed by atoms with Crippen LogP contribution in [0.2, 0.25) is 5.28 Å². The lowest BCUT2D eigenvalue weighted by Crippen LogP contribution is -2.13. The molecule has 0 radical (unpaired) electrons. The van der Waals surface area contributed by atoms with Gasteiger partial charge in [-0.2, -0.15) is 15.0 Å². The molecule has 1 aliphatic carbocycles. The van der Waals surface area contributed by atoms with Crippen molar-refractivity contribution in [3.8, 4) is 0 Å². The van der Waals surface area contributed by atoms with Crippen molar-refractivity contribution >= 4 is 23.5 Å². The molecule has 1 saturated carbocycles. The van der Waals surface area contributed by atoms with E-state index in [1.807, 2.05) is 0 Å². The third-order valence-corrected chi connectivity index (χ3v) is 5.09. The highest BCUT2D eigenvalue weighted by Gasteiger charge is 2.64. The summed E-state index contributed by atoms with van der Waals surface area (Å²) in [5, 5.41) is 6.63. The van der Waals surface area contributed by atoms with E-state index in [0.29, 0.717) is 28.6 Å². The molecular formula is C14H24ClN5. The minimum absolute atomic E-state index is 0.218. The highest BCUT2D eigenvalue weighted by atomic mass is 35.5. The summed E-state index contributed by atoms with van der Waals surface area (Å²) in [5.41, 5.74) is 0.695. The second-order valence-corrected chi connectivity index (χ2v) is 6.89. The number of hydrogen-bond donors (Lipinski definition) is 2. The summed E-state index contributed by atoms with van der Waals surface area (Å²) in [6, 6.07) is 0. The van der Waals surface area contributed by atoms with Crippen molar-refractivity contribution in [2.24, 2.45) is 16.7 Å². The Morgan fingerprint density at radius 1 is 1.00 bits per heavy atom. The van der Waals surface area contributed by atoms with Gasteiger partial charge in [-0.15, -0.1) is 0 Å². The van der Waals surface area contributed by atoms with Crippen LogP contribution in [0.25, 0.3) is 0 Å². The molecule has 20 heavy (non-hydrogen) atoms. The van der Waals surface area contributed by atoms with Gasteiger partial charge < -0.3 is 10.6 Å². The summed E-state index contributed by atoms with van der Waals surface area (Å²) in [4.78, 5) is 12.5. The predicted molar refractivity (Wildman–Crippen MR) is 83.2 cm³/mol. The number of anilines is 2. The van der Waals surface area contributed by atoms with E-state index < -0.39 is 0 Å². The molecule has 0 unspecified atom stereocenters. The lowest BCUT2D eigenvalue weighted by atomic mass is 10.0. The molecular weight excluding hydrogens is 274 g/mol. The van der Waals surface area contributed by atoms with Crippen LogP contribution in [0.1, 0.15) is 41.0 Å². The quantitative estimate of drug-likeness (QED) is 0.842. The van der Waals surface area contributed by atoms with E-state index in [4.69, 9.17) is 11.6 Å². The number of nitrogens with zero attached hydrogens (tertiary/aromatic N) is 3. The Hall–Kier alpha value is -1.10. The van der Waals surface area contributed by atoms with Gasteiger partial charge in [0.25, 0.3) is 0 Å². The van der Waals surface area contributed by atoms with E-state index in [9.17, 15) is 0 Å². The van der Waals surface area contributed by atoms with Gasteiger partial charge in [0.05, 0.1) is 0 Å². The van der Waals surface area contributed by atoms with Crippen molar-refractivity contribution in [1.82, 2.24) is 15.0 Å². The number of aromatic nitrogens is 3. The number of rotatable bonds is 6. The molecule has 0 aliphatic heterocycles. The highest BCUT2D eigenvalue weighted by Crippen LogP contribution is 2.68. The fourth-order valence-electron chi connectivity index (χ4n) is 2.78. The predicted octanol–water partition coefficient (Wildman–Crippen LogP) is 3.44. The van der Waals surface area contributed by atoms with Gasteiger partial charge in [0, 0.05) is 13.1 Å². The summed E-state index contributed by atoms with van der Waals surface area (Å²) in [6.07, 6.45) is 1.01. The summed E-state index contributed by atoms with van der Waals surface area (Å²) in [5.74, 6) is 1.68. The molecule has 1 fully saturated rings. The number of halogens is 1. The van der Waals surface area contributed by atoms with Gasteiger partial charge in [0.2, 0.25) is 17.2 Å². The van der Waals surface area contributed by atoms with Crippen LogP contribution in [0, 0.1) is 16.7 Å². The molecule has 0 saturated heterocycles. The van der Waals surface area contributed by atoms with Crippen molar-refractivity contribution in [2.75, 3.05) is 23.7 Å². The Balaban J connectivity index is 1.98. The molecule has 1 aromatic rings. The monoisotopic (exact) mass is 297 g/mol. The molecule has 0 atom stereocenters. The second kappa shape index (κ2) is 5.35. The first-order valence-corrected chi connectivity index (χ1v) is 7.56. The van der Waals surface area contributed by atoms with E-state index in [0.717, 1.165) is 19.5 Å². The molecule has 0 amide bonds. The molecule has 1 heterocycles. The maximum Gasteiger partial charge on any atom is 0.228 e. The molecule has 1 aromatic heterocycles. The van der Waals surface area contributed by atoms with Crippen molar-refractivity contribution < 1.29 is 0 Å². The lowest BCUT2D eigenvalue weighted by molar-refractivity contribution is 0.457. The smallest absolute Gasteiger partial charge is 0.228 e. The van der Waals surface area contributed by atoms with Crippen molar-refractivity contribution in [2.45, 2.75) is 41.0 Å². The largest absolute Gasteiger partial charge is 0.354 e. The average molecular weight is 298 g/mol. The summed E-state index contributed by atoms with van der Waals surface area (Å²) < 4.78 is 0. The van der Waals surface area contributed by atoms with E-state index in [2.05, 4.69) is 60.2 Å². The topological polar surface area (TPSA) is 62.7 Å². The molecule has 112 valence electrons. The zero-order valence-electron chi connectivity index (χ0n) is 12.9. The minimum Gasteiger partial charge on any atom is -0.354 e. The maximum absolute atomic E-state index is 5.93. The Morgan fingerprint density at radius 2 is 1.55 bits per heavy atom. The molecule has 0 spiro atoms. The summed E-state index contributed by atoms with van der Waals surface area (Å²) in [7, 11) is 0. The molecule has 5 nitrogen and oxygen atoms in total. The highest BCUT2D eigenvalue weighted by molar-refractivity contribution is 6.28. The Morgan fingerprint density at radius 3 is 2.05 bits per heavy atom. The third-order valence-electron chi connectivity index (χ3n) is 4.93. The molecule has 0 bridgehead atoms. The van der Waals surface area contributed by atoms with E-state index in [1.165, 1.54) is 0 Å². The minimum atomic E-state index is 0.218. The molecule has 0 aromatic carbocycles. The zero-order chi connectivity index (χ0) is 15.0. The van der Waals surface area contributed by atoms with Crippen molar-refractivity contribution in [1.29, 1.82) is 0 Å². The van der Waals surface area contributed by atoms with Gasteiger partial charge >= 0.3 is 0 Å². The Kier molecular flexibility index (Phi) is 4.09. The zero-order valence-corrected chi connectivity index (χ0v) is 13.7. The maximum atomic E-state index is 5.93. The normalized spacial score (nSPS) is 19.7. The van der Waals surface area contributed by atoms with Gasteiger partial charge in [-0.3, -0.25) is 0 Å². The summed E-state index contributed by atoms with van der Waals surface area (Å²) >= 11 is 5.93. The van der Waals surface area contributed by atoms with Gasteiger partial charge in [-0.05, 0) is 34.8 Å². The van der Waals surface area contributed by atoms with Crippen LogP contribution >= 0.6 is 11.6 Å². The standard InChI is InChI=1S/C14H24ClN5/c1-6-7-16-11-18-10(15)19-12(20-11)17-8-9-13(2,3)14(9,4)5/h9H,6-8H2,1-5H3,(H2,16,17,18,19,20). The van der Waals surface area contributed by atoms with Crippen LogP contribution in [-0.2, 0) is 0 Å². The van der Waals surface area contributed by atoms with Gasteiger partial charge in [-0.1, -0.05) is 34.6 Å². The fourth-order valence-corrected chi connectivity index (χ4v) is 2.94.